The Bertz CT molecular complexity index is 668. The van der Waals surface area contributed by atoms with E-state index < -0.39 is 0 Å². The van der Waals surface area contributed by atoms with Gasteiger partial charge in [0.2, 0.25) is 0 Å². The summed E-state index contributed by atoms with van der Waals surface area (Å²) >= 11 is 5.81. The minimum absolute atomic E-state index is 0. The largest absolute Gasteiger partial charge is 0.381 e. The van der Waals surface area contributed by atoms with Crippen LogP contribution in [-0.2, 0) is 17.6 Å². The molecule has 2 rings (SSSR count). The van der Waals surface area contributed by atoms with E-state index in [1.54, 1.807) is 6.20 Å². The SMILES string of the molecule is CCNC(=NCCCOCCc1ccccc1)NCCc1ccc(Cl)nc1.I. The van der Waals surface area contributed by atoms with Crippen LogP contribution in [-0.4, -0.2) is 43.8 Å². The molecule has 1 heterocycles. The molecular weight excluding hydrogens is 487 g/mol. The van der Waals surface area contributed by atoms with E-state index in [4.69, 9.17) is 16.3 Å². The van der Waals surface area contributed by atoms with Gasteiger partial charge in [0, 0.05) is 32.4 Å². The van der Waals surface area contributed by atoms with Crippen LogP contribution in [0.4, 0.5) is 0 Å². The van der Waals surface area contributed by atoms with Gasteiger partial charge in [0.05, 0.1) is 6.61 Å². The molecule has 28 heavy (non-hydrogen) atoms. The molecule has 0 spiro atoms. The van der Waals surface area contributed by atoms with E-state index in [2.05, 4.69) is 51.8 Å². The zero-order chi connectivity index (χ0) is 19.2. The Hall–Kier alpha value is -1.38. The molecule has 0 bridgehead atoms. The second kappa shape index (κ2) is 15.5. The highest BCUT2D eigenvalue weighted by atomic mass is 127. The van der Waals surface area contributed by atoms with Gasteiger partial charge >= 0.3 is 0 Å². The summed E-state index contributed by atoms with van der Waals surface area (Å²) in [5.74, 6) is 0.837. The zero-order valence-corrected chi connectivity index (χ0v) is 19.5. The Labute approximate surface area is 190 Å². The van der Waals surface area contributed by atoms with E-state index in [0.717, 1.165) is 63.6 Å². The third kappa shape index (κ3) is 10.8. The molecule has 1 aromatic heterocycles. The van der Waals surface area contributed by atoms with Gasteiger partial charge in [-0.05, 0) is 43.4 Å². The van der Waals surface area contributed by atoms with Gasteiger partial charge in [-0.25, -0.2) is 4.98 Å². The molecule has 0 radical (unpaired) electrons. The number of aliphatic imine (C=N–C) groups is 1. The molecule has 0 aliphatic rings. The average Bonchev–Trinajstić information content (AvgIpc) is 2.69. The standard InChI is InChI=1S/C21H29ClN4O.HI/c1-2-23-21(25-14-11-19-9-10-20(22)26-17-19)24-13-6-15-27-16-12-18-7-4-3-5-8-18;/h3-5,7-10,17H,2,6,11-16H2,1H3,(H2,23,24,25);1H. The molecule has 0 atom stereocenters. The van der Waals surface area contributed by atoms with Crippen LogP contribution in [0.2, 0.25) is 5.15 Å². The van der Waals surface area contributed by atoms with Gasteiger partial charge in [0.25, 0.3) is 0 Å². The maximum Gasteiger partial charge on any atom is 0.191 e. The molecule has 2 aromatic rings. The van der Waals surface area contributed by atoms with Crippen LogP contribution >= 0.6 is 35.6 Å². The van der Waals surface area contributed by atoms with Crippen LogP contribution in [0.5, 0.6) is 0 Å². The average molecular weight is 517 g/mol. The number of aromatic nitrogens is 1. The van der Waals surface area contributed by atoms with E-state index in [9.17, 15) is 0 Å². The Kier molecular flexibility index (Phi) is 13.7. The Morgan fingerprint density at radius 1 is 1.04 bits per heavy atom. The van der Waals surface area contributed by atoms with Gasteiger partial charge in [-0.2, -0.15) is 0 Å². The van der Waals surface area contributed by atoms with Gasteiger partial charge in [0.15, 0.2) is 5.96 Å². The van der Waals surface area contributed by atoms with Crippen molar-refractivity contribution in [1.29, 1.82) is 0 Å². The molecule has 0 amide bonds. The smallest absolute Gasteiger partial charge is 0.191 e. The highest BCUT2D eigenvalue weighted by Crippen LogP contribution is 2.05. The predicted molar refractivity (Wildman–Crippen MR) is 128 cm³/mol. The summed E-state index contributed by atoms with van der Waals surface area (Å²) in [5, 5.41) is 7.13. The van der Waals surface area contributed by atoms with Crippen molar-refractivity contribution < 1.29 is 4.74 Å². The van der Waals surface area contributed by atoms with Gasteiger partial charge < -0.3 is 15.4 Å². The first kappa shape index (κ1) is 24.7. The predicted octanol–water partition coefficient (Wildman–Crippen LogP) is 4.10. The first-order valence-corrected chi connectivity index (χ1v) is 9.90. The summed E-state index contributed by atoms with van der Waals surface area (Å²) in [6.45, 7) is 5.91. The van der Waals surface area contributed by atoms with Crippen LogP contribution in [0.3, 0.4) is 0 Å². The van der Waals surface area contributed by atoms with Crippen LogP contribution in [0, 0.1) is 0 Å². The number of nitrogens with zero attached hydrogens (tertiary/aromatic N) is 2. The molecule has 2 N–H and O–H groups in total. The minimum Gasteiger partial charge on any atom is -0.381 e. The van der Waals surface area contributed by atoms with Crippen molar-refractivity contribution >= 4 is 41.5 Å². The summed E-state index contributed by atoms with van der Waals surface area (Å²) in [6, 6.07) is 14.2. The quantitative estimate of drug-likeness (QED) is 0.155. The topological polar surface area (TPSA) is 58.5 Å². The fraction of sp³-hybridized carbons (Fsp3) is 0.429. The van der Waals surface area contributed by atoms with Crippen LogP contribution in [0.25, 0.3) is 0 Å². The van der Waals surface area contributed by atoms with Crippen molar-refractivity contribution in [3.8, 4) is 0 Å². The third-order valence-electron chi connectivity index (χ3n) is 3.93. The molecule has 0 fully saturated rings. The van der Waals surface area contributed by atoms with Crippen molar-refractivity contribution in [2.45, 2.75) is 26.2 Å². The third-order valence-corrected chi connectivity index (χ3v) is 4.16. The summed E-state index contributed by atoms with van der Waals surface area (Å²) in [6.07, 6.45) is 4.54. The van der Waals surface area contributed by atoms with Gasteiger partial charge in [-0.1, -0.05) is 48.0 Å². The van der Waals surface area contributed by atoms with Gasteiger partial charge in [0.1, 0.15) is 5.15 Å². The van der Waals surface area contributed by atoms with E-state index in [0.29, 0.717) is 5.15 Å². The maximum atomic E-state index is 5.81. The lowest BCUT2D eigenvalue weighted by atomic mass is 10.2. The number of ether oxygens (including phenoxy) is 1. The van der Waals surface area contributed by atoms with Crippen LogP contribution in [0.1, 0.15) is 24.5 Å². The maximum absolute atomic E-state index is 5.81. The summed E-state index contributed by atoms with van der Waals surface area (Å²) in [5.41, 5.74) is 2.46. The molecule has 0 saturated carbocycles. The molecule has 7 heteroatoms. The van der Waals surface area contributed by atoms with Gasteiger partial charge in [-0.15, -0.1) is 24.0 Å². The number of guanidine groups is 1. The van der Waals surface area contributed by atoms with E-state index in [1.165, 1.54) is 5.56 Å². The Balaban J connectivity index is 0.00000392. The molecular formula is C21H30ClIN4O. The van der Waals surface area contributed by atoms with E-state index >= 15 is 0 Å². The van der Waals surface area contributed by atoms with E-state index in [-0.39, 0.29) is 24.0 Å². The minimum atomic E-state index is 0. The summed E-state index contributed by atoms with van der Waals surface area (Å²) in [4.78, 5) is 8.69. The number of hydrogen-bond acceptors (Lipinski definition) is 3. The molecule has 0 saturated heterocycles. The lowest BCUT2D eigenvalue weighted by molar-refractivity contribution is 0.136. The Morgan fingerprint density at radius 3 is 2.57 bits per heavy atom. The first-order chi connectivity index (χ1) is 13.3. The molecule has 0 aliphatic carbocycles. The fourth-order valence-corrected chi connectivity index (χ4v) is 2.63. The van der Waals surface area contributed by atoms with Crippen molar-refractivity contribution in [3.05, 3.63) is 64.9 Å². The molecule has 5 nitrogen and oxygen atoms in total. The second-order valence-electron chi connectivity index (χ2n) is 6.13. The molecule has 154 valence electrons. The van der Waals surface area contributed by atoms with Crippen molar-refractivity contribution in [3.63, 3.8) is 0 Å². The van der Waals surface area contributed by atoms with Crippen molar-refractivity contribution in [2.24, 2.45) is 4.99 Å². The van der Waals surface area contributed by atoms with Crippen molar-refractivity contribution in [1.82, 2.24) is 15.6 Å². The molecule has 0 unspecified atom stereocenters. The monoisotopic (exact) mass is 516 g/mol. The van der Waals surface area contributed by atoms with Crippen LogP contribution < -0.4 is 10.6 Å². The number of hydrogen-bond donors (Lipinski definition) is 2. The number of rotatable bonds is 11. The normalized spacial score (nSPS) is 11.0. The zero-order valence-electron chi connectivity index (χ0n) is 16.4. The number of nitrogens with one attached hydrogen (secondary N) is 2. The number of halogens is 2. The summed E-state index contributed by atoms with van der Waals surface area (Å²) in [7, 11) is 0. The molecule has 1 aromatic carbocycles. The lowest BCUT2D eigenvalue weighted by Gasteiger charge is -2.11. The highest BCUT2D eigenvalue weighted by Gasteiger charge is 1.99. The second-order valence-corrected chi connectivity index (χ2v) is 6.52. The van der Waals surface area contributed by atoms with Crippen molar-refractivity contribution in [2.75, 3.05) is 32.8 Å². The highest BCUT2D eigenvalue weighted by molar-refractivity contribution is 14.0. The fourth-order valence-electron chi connectivity index (χ4n) is 2.52. The number of pyridine rings is 1. The molecule has 0 aliphatic heterocycles. The van der Waals surface area contributed by atoms with E-state index in [1.807, 2.05) is 18.2 Å². The van der Waals surface area contributed by atoms with Crippen LogP contribution in [0.15, 0.2) is 53.7 Å². The Morgan fingerprint density at radius 2 is 1.86 bits per heavy atom. The first-order valence-electron chi connectivity index (χ1n) is 9.52. The van der Waals surface area contributed by atoms with Gasteiger partial charge in [-0.3, -0.25) is 4.99 Å². The summed E-state index contributed by atoms with van der Waals surface area (Å²) < 4.78 is 5.70. The lowest BCUT2D eigenvalue weighted by Crippen LogP contribution is -2.38. The number of benzene rings is 1.